The lowest BCUT2D eigenvalue weighted by Crippen LogP contribution is -2.36. The highest BCUT2D eigenvalue weighted by Gasteiger charge is 2.16. The topological polar surface area (TPSA) is 80.5 Å². The number of aromatic nitrogens is 3. The standard InChI is InChI=1S/C10H16N4O3S/c1-13-8(6-14-2-4-17-5-3-14)11-12-10(13)18-7-9(15)16/h2-7H2,1H3,(H,15,16). The maximum atomic E-state index is 10.5. The molecule has 0 spiro atoms. The molecule has 0 aliphatic carbocycles. The summed E-state index contributed by atoms with van der Waals surface area (Å²) in [6, 6.07) is 0. The van der Waals surface area contributed by atoms with E-state index in [0.29, 0.717) is 5.16 Å². The average Bonchev–Trinajstić information content (AvgIpc) is 2.70. The van der Waals surface area contributed by atoms with Gasteiger partial charge in [-0.3, -0.25) is 9.69 Å². The van der Waals surface area contributed by atoms with Gasteiger partial charge in [-0.25, -0.2) is 0 Å². The zero-order valence-electron chi connectivity index (χ0n) is 10.2. The molecule has 2 rings (SSSR count). The highest BCUT2D eigenvalue weighted by Crippen LogP contribution is 2.16. The smallest absolute Gasteiger partial charge is 0.313 e. The van der Waals surface area contributed by atoms with Crippen molar-refractivity contribution in [2.45, 2.75) is 11.7 Å². The van der Waals surface area contributed by atoms with Gasteiger partial charge >= 0.3 is 5.97 Å². The number of nitrogens with zero attached hydrogens (tertiary/aromatic N) is 4. The van der Waals surface area contributed by atoms with Crippen LogP contribution in [-0.2, 0) is 23.1 Å². The molecule has 0 radical (unpaired) electrons. The number of aliphatic carboxylic acids is 1. The maximum Gasteiger partial charge on any atom is 0.313 e. The summed E-state index contributed by atoms with van der Waals surface area (Å²) < 4.78 is 7.13. The summed E-state index contributed by atoms with van der Waals surface area (Å²) in [7, 11) is 1.86. The summed E-state index contributed by atoms with van der Waals surface area (Å²) in [5.41, 5.74) is 0. The Bertz CT molecular complexity index is 417. The summed E-state index contributed by atoms with van der Waals surface area (Å²) in [5, 5.41) is 17.4. The third-order valence-electron chi connectivity index (χ3n) is 2.72. The minimum Gasteiger partial charge on any atom is -0.481 e. The molecule has 0 amide bonds. The Balaban J connectivity index is 1.94. The lowest BCUT2D eigenvalue weighted by Gasteiger charge is -2.25. The SMILES string of the molecule is Cn1c(CN2CCOCC2)nnc1SCC(=O)O. The first-order valence-electron chi connectivity index (χ1n) is 5.70. The number of thioether (sulfide) groups is 1. The van der Waals surface area contributed by atoms with Crippen molar-refractivity contribution in [3.63, 3.8) is 0 Å². The molecule has 1 aliphatic heterocycles. The van der Waals surface area contributed by atoms with E-state index in [1.807, 2.05) is 11.6 Å². The number of carboxylic acids is 1. The van der Waals surface area contributed by atoms with Gasteiger partial charge < -0.3 is 14.4 Å². The van der Waals surface area contributed by atoms with Crippen molar-refractivity contribution in [2.24, 2.45) is 7.05 Å². The Kier molecular flexibility index (Phi) is 4.56. The van der Waals surface area contributed by atoms with Crippen molar-refractivity contribution in [3.05, 3.63) is 5.82 Å². The van der Waals surface area contributed by atoms with Gasteiger partial charge in [0.15, 0.2) is 5.16 Å². The molecule has 0 saturated carbocycles. The van der Waals surface area contributed by atoms with Gasteiger partial charge in [-0.15, -0.1) is 10.2 Å². The number of carbonyl (C=O) groups is 1. The number of hydrogen-bond donors (Lipinski definition) is 1. The van der Waals surface area contributed by atoms with Gasteiger partial charge in [0.05, 0.1) is 25.5 Å². The number of ether oxygens (including phenoxy) is 1. The van der Waals surface area contributed by atoms with Gasteiger partial charge in [-0.05, 0) is 0 Å². The van der Waals surface area contributed by atoms with Crippen molar-refractivity contribution in [2.75, 3.05) is 32.1 Å². The summed E-state index contributed by atoms with van der Waals surface area (Å²) in [4.78, 5) is 12.8. The van der Waals surface area contributed by atoms with Crippen LogP contribution in [-0.4, -0.2) is 62.8 Å². The van der Waals surface area contributed by atoms with Crippen molar-refractivity contribution in [1.82, 2.24) is 19.7 Å². The van der Waals surface area contributed by atoms with E-state index in [1.165, 1.54) is 11.8 Å². The van der Waals surface area contributed by atoms with Crippen LogP contribution in [0.15, 0.2) is 5.16 Å². The molecule has 18 heavy (non-hydrogen) atoms. The number of morpholine rings is 1. The van der Waals surface area contributed by atoms with Crippen LogP contribution in [0.1, 0.15) is 5.82 Å². The summed E-state index contributed by atoms with van der Waals surface area (Å²) in [6.07, 6.45) is 0. The van der Waals surface area contributed by atoms with Crippen LogP contribution in [0.2, 0.25) is 0 Å². The highest BCUT2D eigenvalue weighted by atomic mass is 32.2. The molecule has 0 aromatic carbocycles. The second-order valence-corrected chi connectivity index (χ2v) is 4.97. The maximum absolute atomic E-state index is 10.5. The van der Waals surface area contributed by atoms with Gasteiger partial charge in [0, 0.05) is 20.1 Å². The van der Waals surface area contributed by atoms with Crippen molar-refractivity contribution in [1.29, 1.82) is 0 Å². The Morgan fingerprint density at radius 2 is 2.17 bits per heavy atom. The van der Waals surface area contributed by atoms with Crippen molar-refractivity contribution < 1.29 is 14.6 Å². The molecular formula is C10H16N4O3S. The third-order valence-corrected chi connectivity index (χ3v) is 3.72. The normalized spacial score (nSPS) is 16.9. The largest absolute Gasteiger partial charge is 0.481 e. The Labute approximate surface area is 109 Å². The molecule has 0 unspecified atom stereocenters. The van der Waals surface area contributed by atoms with Gasteiger partial charge in [-0.1, -0.05) is 11.8 Å². The Hall–Kier alpha value is -1.12. The molecule has 8 heteroatoms. The molecule has 1 N–H and O–H groups in total. The summed E-state index contributed by atoms with van der Waals surface area (Å²) >= 11 is 1.18. The van der Waals surface area contributed by atoms with E-state index in [4.69, 9.17) is 9.84 Å². The zero-order chi connectivity index (χ0) is 13.0. The minimum absolute atomic E-state index is 0.00350. The van der Waals surface area contributed by atoms with Crippen LogP contribution in [0.4, 0.5) is 0 Å². The van der Waals surface area contributed by atoms with Crippen LogP contribution < -0.4 is 0 Å². The first kappa shape index (κ1) is 13.3. The predicted octanol–water partition coefficient (Wildman–Crippen LogP) is -0.176. The van der Waals surface area contributed by atoms with Crippen LogP contribution in [0.5, 0.6) is 0 Å². The van der Waals surface area contributed by atoms with E-state index in [1.54, 1.807) is 0 Å². The lowest BCUT2D eigenvalue weighted by molar-refractivity contribution is -0.133. The molecule has 7 nitrogen and oxygen atoms in total. The van der Waals surface area contributed by atoms with Crippen molar-refractivity contribution >= 4 is 17.7 Å². The van der Waals surface area contributed by atoms with Crippen LogP contribution in [0.25, 0.3) is 0 Å². The second kappa shape index (κ2) is 6.17. The number of carboxylic acid groups (broad SMARTS) is 1. The molecule has 1 aromatic rings. The van der Waals surface area contributed by atoms with E-state index in [0.717, 1.165) is 38.7 Å². The minimum atomic E-state index is -0.849. The van der Waals surface area contributed by atoms with Crippen molar-refractivity contribution in [3.8, 4) is 0 Å². The first-order valence-corrected chi connectivity index (χ1v) is 6.68. The summed E-state index contributed by atoms with van der Waals surface area (Å²) in [5.74, 6) is 0.00583. The van der Waals surface area contributed by atoms with E-state index in [-0.39, 0.29) is 5.75 Å². The fraction of sp³-hybridized carbons (Fsp3) is 0.700. The van der Waals surface area contributed by atoms with Crippen LogP contribution in [0.3, 0.4) is 0 Å². The molecule has 0 atom stereocenters. The molecule has 0 bridgehead atoms. The van der Waals surface area contributed by atoms with Gasteiger partial charge in [0.2, 0.25) is 0 Å². The van der Waals surface area contributed by atoms with E-state index in [9.17, 15) is 4.79 Å². The summed E-state index contributed by atoms with van der Waals surface area (Å²) in [6.45, 7) is 4.01. The van der Waals surface area contributed by atoms with E-state index < -0.39 is 5.97 Å². The van der Waals surface area contributed by atoms with Crippen LogP contribution in [0, 0.1) is 0 Å². The van der Waals surface area contributed by atoms with Gasteiger partial charge in [0.25, 0.3) is 0 Å². The zero-order valence-corrected chi connectivity index (χ0v) is 11.0. The fourth-order valence-electron chi connectivity index (χ4n) is 1.69. The molecule has 1 aromatic heterocycles. The van der Waals surface area contributed by atoms with Gasteiger partial charge in [-0.2, -0.15) is 0 Å². The lowest BCUT2D eigenvalue weighted by atomic mass is 10.4. The highest BCUT2D eigenvalue weighted by molar-refractivity contribution is 7.99. The first-order chi connectivity index (χ1) is 8.66. The van der Waals surface area contributed by atoms with E-state index >= 15 is 0 Å². The number of rotatable bonds is 5. The fourth-order valence-corrected chi connectivity index (χ4v) is 2.34. The molecule has 100 valence electrons. The quantitative estimate of drug-likeness (QED) is 0.745. The Morgan fingerprint density at radius 3 is 2.83 bits per heavy atom. The predicted molar refractivity (Wildman–Crippen MR) is 65.5 cm³/mol. The number of hydrogen-bond acceptors (Lipinski definition) is 6. The molecular weight excluding hydrogens is 256 g/mol. The van der Waals surface area contributed by atoms with E-state index in [2.05, 4.69) is 15.1 Å². The third kappa shape index (κ3) is 3.44. The van der Waals surface area contributed by atoms with Gasteiger partial charge in [0.1, 0.15) is 5.82 Å². The average molecular weight is 272 g/mol. The molecule has 1 aliphatic rings. The molecule has 2 heterocycles. The molecule has 1 saturated heterocycles. The van der Waals surface area contributed by atoms with Crippen LogP contribution >= 0.6 is 11.8 Å². The Morgan fingerprint density at radius 1 is 1.44 bits per heavy atom. The monoisotopic (exact) mass is 272 g/mol. The second-order valence-electron chi connectivity index (χ2n) is 4.03. The molecule has 1 fully saturated rings.